The molecule has 0 spiro atoms. The van der Waals surface area contributed by atoms with Gasteiger partial charge in [-0.15, -0.1) is 11.3 Å². The van der Waals surface area contributed by atoms with Crippen LogP contribution in [0.3, 0.4) is 0 Å². The Bertz CT molecular complexity index is 1130. The van der Waals surface area contributed by atoms with E-state index >= 15 is 0 Å². The van der Waals surface area contributed by atoms with Crippen LogP contribution >= 0.6 is 11.3 Å². The monoisotopic (exact) mass is 502 g/mol. The minimum absolute atomic E-state index is 0.132. The molecular weight excluding hydrogens is 473 g/mol. The zero-order valence-electron chi connectivity index (χ0n) is 19.7. The zero-order valence-corrected chi connectivity index (χ0v) is 20.5. The molecule has 1 aromatic carbocycles. The predicted octanol–water partition coefficient (Wildman–Crippen LogP) is 5.75. The van der Waals surface area contributed by atoms with Crippen molar-refractivity contribution >= 4 is 22.9 Å². The molecule has 1 saturated heterocycles. The first-order valence-corrected chi connectivity index (χ1v) is 13.1. The van der Waals surface area contributed by atoms with Gasteiger partial charge in [-0.25, -0.2) is 18.2 Å². The molecular formula is C26H29F3N4OS. The van der Waals surface area contributed by atoms with Gasteiger partial charge in [-0.2, -0.15) is 5.26 Å². The highest BCUT2D eigenvalue weighted by Gasteiger charge is 2.48. The van der Waals surface area contributed by atoms with Gasteiger partial charge in [0.2, 0.25) is 5.91 Å². The molecule has 3 fully saturated rings. The summed E-state index contributed by atoms with van der Waals surface area (Å²) in [5.41, 5.74) is 1.88. The molecule has 5 nitrogen and oxygen atoms in total. The number of aromatic nitrogens is 1. The number of anilines is 1. The van der Waals surface area contributed by atoms with Crippen LogP contribution in [-0.4, -0.2) is 41.6 Å². The van der Waals surface area contributed by atoms with Gasteiger partial charge in [0.05, 0.1) is 21.6 Å². The van der Waals surface area contributed by atoms with E-state index in [0.29, 0.717) is 38.8 Å². The smallest absolute Gasteiger partial charge is 0.251 e. The minimum atomic E-state index is -2.58. The molecule has 0 unspecified atom stereocenters. The van der Waals surface area contributed by atoms with Crippen LogP contribution in [0.15, 0.2) is 24.3 Å². The van der Waals surface area contributed by atoms with Crippen molar-refractivity contribution in [3.63, 3.8) is 0 Å². The number of nitrogens with zero attached hydrogens (tertiary/aromatic N) is 3. The summed E-state index contributed by atoms with van der Waals surface area (Å²) in [7, 11) is 0. The minimum Gasteiger partial charge on any atom is -0.371 e. The molecule has 2 aromatic rings. The van der Waals surface area contributed by atoms with Crippen molar-refractivity contribution in [3.8, 4) is 16.5 Å². The number of hydrogen-bond acceptors (Lipinski definition) is 5. The largest absolute Gasteiger partial charge is 0.371 e. The number of carbonyl (C=O) groups excluding carboxylic acids is 1. The Labute approximate surface area is 207 Å². The van der Waals surface area contributed by atoms with Gasteiger partial charge < -0.3 is 10.2 Å². The number of thiazole rings is 1. The standard InChI is InChI=1S/C26H29F3N4OS/c1-16-31-22(20-7-4-18(27)14-21(20)24(34)32-25(15-30)8-9-25)23(35-16)17-2-5-19(6-3-17)33-12-10-26(28,29)11-13-33/h2-3,5-6,18,20-21H,4,7-14H2,1H3,(H,32,34)/t18-,20+,21+/m0/s1. The zero-order chi connectivity index (χ0) is 24.8. The van der Waals surface area contributed by atoms with E-state index in [-0.39, 0.29) is 31.1 Å². The van der Waals surface area contributed by atoms with Gasteiger partial charge in [-0.3, -0.25) is 4.79 Å². The molecule has 2 saturated carbocycles. The molecule has 3 aliphatic rings. The Morgan fingerprint density at radius 1 is 1.17 bits per heavy atom. The van der Waals surface area contributed by atoms with Crippen molar-refractivity contribution < 1.29 is 18.0 Å². The van der Waals surface area contributed by atoms with E-state index in [4.69, 9.17) is 4.98 Å². The fourth-order valence-corrected chi connectivity index (χ4v) is 6.27. The molecule has 35 heavy (non-hydrogen) atoms. The van der Waals surface area contributed by atoms with E-state index in [1.165, 1.54) is 0 Å². The highest BCUT2D eigenvalue weighted by Crippen LogP contribution is 2.45. The Balaban J connectivity index is 1.39. The maximum atomic E-state index is 14.4. The highest BCUT2D eigenvalue weighted by atomic mass is 32.1. The van der Waals surface area contributed by atoms with Gasteiger partial charge in [-0.1, -0.05) is 12.1 Å². The number of halogens is 3. The van der Waals surface area contributed by atoms with E-state index in [1.807, 2.05) is 36.1 Å². The average molecular weight is 503 g/mol. The number of aryl methyl sites for hydroxylation is 1. The first-order valence-electron chi connectivity index (χ1n) is 12.3. The number of nitriles is 1. The molecule has 0 radical (unpaired) electrons. The molecule has 0 bridgehead atoms. The van der Waals surface area contributed by atoms with Gasteiger partial charge >= 0.3 is 0 Å². The summed E-state index contributed by atoms with van der Waals surface area (Å²) in [6.45, 7) is 2.57. The second-order valence-corrected chi connectivity index (χ2v) is 11.3. The van der Waals surface area contributed by atoms with E-state index in [9.17, 15) is 23.2 Å². The fraction of sp³-hybridized carbons (Fsp3) is 0.577. The molecule has 1 aliphatic heterocycles. The second-order valence-electron chi connectivity index (χ2n) is 10.1. The Hall–Kier alpha value is -2.60. The topological polar surface area (TPSA) is 69.0 Å². The van der Waals surface area contributed by atoms with Crippen LogP contribution in [0.5, 0.6) is 0 Å². The number of rotatable bonds is 5. The predicted molar refractivity (Wildman–Crippen MR) is 129 cm³/mol. The number of benzene rings is 1. The molecule has 2 aliphatic carbocycles. The summed E-state index contributed by atoms with van der Waals surface area (Å²) in [5, 5.41) is 13.1. The SMILES string of the molecule is Cc1nc([C@@H]2CC[C@H](F)C[C@H]2C(=O)NC2(C#N)CC2)c(-c2ccc(N3CCC(F)(F)CC3)cc2)s1. The average Bonchev–Trinajstić information content (AvgIpc) is 3.51. The van der Waals surface area contributed by atoms with Crippen molar-refractivity contribution in [2.75, 3.05) is 18.0 Å². The fourth-order valence-electron chi connectivity index (χ4n) is 5.27. The lowest BCUT2D eigenvalue weighted by molar-refractivity contribution is -0.128. The third-order valence-corrected chi connectivity index (χ3v) is 8.59. The molecule has 2 heterocycles. The summed E-state index contributed by atoms with van der Waals surface area (Å²) >= 11 is 1.55. The van der Waals surface area contributed by atoms with Gasteiger partial charge in [0.25, 0.3) is 5.92 Å². The van der Waals surface area contributed by atoms with Crippen molar-refractivity contribution in [3.05, 3.63) is 35.0 Å². The number of nitrogens with one attached hydrogen (secondary N) is 1. The van der Waals surface area contributed by atoms with E-state index in [2.05, 4.69) is 11.4 Å². The molecule has 3 atom stereocenters. The normalized spacial score (nSPS) is 27.2. The van der Waals surface area contributed by atoms with Crippen LogP contribution < -0.4 is 10.2 Å². The third-order valence-electron chi connectivity index (χ3n) is 7.55. The Kier molecular flexibility index (Phi) is 6.28. The molecule has 5 rings (SSSR count). The van der Waals surface area contributed by atoms with Crippen molar-refractivity contribution in [2.45, 2.75) is 75.4 Å². The molecule has 1 N–H and O–H groups in total. The van der Waals surface area contributed by atoms with Gasteiger partial charge in [0, 0.05) is 43.5 Å². The maximum Gasteiger partial charge on any atom is 0.251 e. The Morgan fingerprint density at radius 2 is 1.86 bits per heavy atom. The Morgan fingerprint density at radius 3 is 2.49 bits per heavy atom. The summed E-state index contributed by atoms with van der Waals surface area (Å²) in [4.78, 5) is 20.9. The lowest BCUT2D eigenvalue weighted by atomic mass is 9.75. The van der Waals surface area contributed by atoms with Crippen molar-refractivity contribution in [2.24, 2.45) is 5.92 Å². The van der Waals surface area contributed by atoms with E-state index in [1.54, 1.807) is 11.3 Å². The molecule has 9 heteroatoms. The van der Waals surface area contributed by atoms with Gasteiger partial charge in [-0.05, 0) is 56.7 Å². The van der Waals surface area contributed by atoms with Gasteiger partial charge in [0.15, 0.2) is 0 Å². The first-order chi connectivity index (χ1) is 16.7. The second kappa shape index (κ2) is 9.12. The lowest BCUT2D eigenvalue weighted by Crippen LogP contribution is -2.44. The van der Waals surface area contributed by atoms with Crippen molar-refractivity contribution in [1.82, 2.24) is 10.3 Å². The molecule has 1 aromatic heterocycles. The summed E-state index contributed by atoms with van der Waals surface area (Å²) < 4.78 is 41.5. The number of hydrogen-bond donors (Lipinski definition) is 1. The van der Waals surface area contributed by atoms with Crippen molar-refractivity contribution in [1.29, 1.82) is 5.26 Å². The number of alkyl halides is 3. The summed E-state index contributed by atoms with van der Waals surface area (Å²) in [6, 6.07) is 10.0. The van der Waals surface area contributed by atoms with E-state index < -0.39 is 23.6 Å². The van der Waals surface area contributed by atoms with E-state index in [0.717, 1.165) is 26.8 Å². The summed E-state index contributed by atoms with van der Waals surface area (Å²) in [5.74, 6) is -3.64. The number of carbonyl (C=O) groups is 1. The van der Waals surface area contributed by atoms with Crippen LogP contribution in [0.1, 0.15) is 61.6 Å². The molecule has 186 valence electrons. The van der Waals surface area contributed by atoms with Crippen LogP contribution in [0.4, 0.5) is 18.9 Å². The first kappa shape index (κ1) is 24.1. The number of amides is 1. The third kappa shape index (κ3) is 5.04. The maximum absolute atomic E-state index is 14.4. The van der Waals surface area contributed by atoms with Crippen LogP contribution in [0, 0.1) is 24.2 Å². The van der Waals surface area contributed by atoms with Crippen LogP contribution in [0.25, 0.3) is 10.4 Å². The lowest BCUT2D eigenvalue weighted by Gasteiger charge is -2.33. The highest BCUT2D eigenvalue weighted by molar-refractivity contribution is 7.15. The van der Waals surface area contributed by atoms with Crippen LogP contribution in [0.2, 0.25) is 0 Å². The van der Waals surface area contributed by atoms with Crippen LogP contribution in [-0.2, 0) is 4.79 Å². The molecule has 1 amide bonds. The number of piperidine rings is 1. The quantitative estimate of drug-likeness (QED) is 0.566. The van der Waals surface area contributed by atoms with Gasteiger partial charge in [0.1, 0.15) is 11.7 Å². The summed E-state index contributed by atoms with van der Waals surface area (Å²) in [6.07, 6.45) is 0.982.